The van der Waals surface area contributed by atoms with Crippen LogP contribution in [-0.2, 0) is 24.3 Å². The lowest BCUT2D eigenvalue weighted by Crippen LogP contribution is -2.41. The number of fused-ring (bicyclic) bond motifs is 1. The van der Waals surface area contributed by atoms with Crippen LogP contribution in [-0.4, -0.2) is 32.9 Å². The van der Waals surface area contributed by atoms with Crippen molar-refractivity contribution in [3.63, 3.8) is 0 Å². The monoisotopic (exact) mass is 444 g/mol. The van der Waals surface area contributed by atoms with E-state index >= 15 is 0 Å². The highest BCUT2D eigenvalue weighted by molar-refractivity contribution is 7.89. The molecule has 0 radical (unpaired) electrons. The van der Waals surface area contributed by atoms with Crippen molar-refractivity contribution < 1.29 is 27.2 Å². The van der Waals surface area contributed by atoms with Crippen LogP contribution in [0.15, 0.2) is 63.9 Å². The Morgan fingerprint density at radius 3 is 2.42 bits per heavy atom. The van der Waals surface area contributed by atoms with Crippen LogP contribution in [0.2, 0.25) is 0 Å². The highest BCUT2D eigenvalue weighted by Gasteiger charge is 2.24. The SMILES string of the molecule is Cc1ccc(S(=O)(=O)N[C@@H](C)C(=O)OCC(=O)N[C@H](C)c2cc3ccccc3o2)cc1. The third-order valence-corrected chi connectivity index (χ3v) is 6.17. The molecule has 0 saturated carbocycles. The number of para-hydroxylation sites is 1. The molecule has 0 saturated heterocycles. The number of carbonyl (C=O) groups excluding carboxylic acids is 2. The van der Waals surface area contributed by atoms with Crippen LogP contribution in [0, 0.1) is 6.92 Å². The average molecular weight is 445 g/mol. The number of furan rings is 1. The maximum Gasteiger partial charge on any atom is 0.324 e. The first-order valence-electron chi connectivity index (χ1n) is 9.69. The molecule has 1 amide bonds. The zero-order valence-corrected chi connectivity index (χ0v) is 18.2. The molecular weight excluding hydrogens is 420 g/mol. The van der Waals surface area contributed by atoms with Crippen LogP contribution in [0.5, 0.6) is 0 Å². The molecule has 164 valence electrons. The lowest BCUT2D eigenvalue weighted by molar-refractivity contribution is -0.150. The van der Waals surface area contributed by atoms with Crippen molar-refractivity contribution in [2.75, 3.05) is 6.61 Å². The summed E-state index contributed by atoms with van der Waals surface area (Å²) in [6.07, 6.45) is 0. The van der Waals surface area contributed by atoms with Gasteiger partial charge in [0.15, 0.2) is 6.61 Å². The third-order valence-electron chi connectivity index (χ3n) is 4.61. The second-order valence-corrected chi connectivity index (χ2v) is 8.95. The molecule has 8 nitrogen and oxygen atoms in total. The van der Waals surface area contributed by atoms with E-state index in [0.717, 1.165) is 10.9 Å². The predicted molar refractivity (Wildman–Crippen MR) is 115 cm³/mol. The van der Waals surface area contributed by atoms with E-state index in [1.54, 1.807) is 19.1 Å². The molecule has 0 aliphatic heterocycles. The number of carbonyl (C=O) groups is 2. The van der Waals surface area contributed by atoms with E-state index in [1.165, 1.54) is 19.1 Å². The van der Waals surface area contributed by atoms with Crippen molar-refractivity contribution in [3.8, 4) is 0 Å². The molecule has 0 aliphatic rings. The Bertz CT molecular complexity index is 1150. The highest BCUT2D eigenvalue weighted by atomic mass is 32.2. The van der Waals surface area contributed by atoms with Gasteiger partial charge in [-0.2, -0.15) is 4.72 Å². The minimum atomic E-state index is -3.89. The lowest BCUT2D eigenvalue weighted by atomic mass is 10.2. The number of rotatable bonds is 8. The first kappa shape index (κ1) is 22.5. The largest absolute Gasteiger partial charge is 0.459 e. The smallest absolute Gasteiger partial charge is 0.324 e. The van der Waals surface area contributed by atoms with Gasteiger partial charge >= 0.3 is 5.97 Å². The van der Waals surface area contributed by atoms with Gasteiger partial charge in [0.05, 0.1) is 10.9 Å². The maximum atomic E-state index is 12.4. The molecular formula is C22H24N2O6S. The number of sulfonamides is 1. The van der Waals surface area contributed by atoms with E-state index in [9.17, 15) is 18.0 Å². The van der Waals surface area contributed by atoms with Crippen molar-refractivity contribution in [1.29, 1.82) is 0 Å². The van der Waals surface area contributed by atoms with Gasteiger partial charge in [-0.25, -0.2) is 8.42 Å². The molecule has 3 rings (SSSR count). The van der Waals surface area contributed by atoms with Gasteiger partial charge in [0, 0.05) is 5.39 Å². The summed E-state index contributed by atoms with van der Waals surface area (Å²) >= 11 is 0. The Kier molecular flexibility index (Phi) is 6.77. The van der Waals surface area contributed by atoms with E-state index in [0.29, 0.717) is 11.3 Å². The second-order valence-electron chi connectivity index (χ2n) is 7.24. The zero-order chi connectivity index (χ0) is 22.6. The number of benzene rings is 2. The van der Waals surface area contributed by atoms with E-state index in [-0.39, 0.29) is 4.90 Å². The molecule has 0 fully saturated rings. The average Bonchev–Trinajstić information content (AvgIpc) is 3.16. The quantitative estimate of drug-likeness (QED) is 0.517. The fourth-order valence-electron chi connectivity index (χ4n) is 2.90. The van der Waals surface area contributed by atoms with Gasteiger partial charge in [0.1, 0.15) is 17.4 Å². The van der Waals surface area contributed by atoms with E-state index in [2.05, 4.69) is 10.0 Å². The van der Waals surface area contributed by atoms with Crippen molar-refractivity contribution in [3.05, 3.63) is 65.9 Å². The van der Waals surface area contributed by atoms with Crippen LogP contribution in [0.25, 0.3) is 11.0 Å². The summed E-state index contributed by atoms with van der Waals surface area (Å²) in [6, 6.07) is 13.9. The van der Waals surface area contributed by atoms with Crippen molar-refractivity contribution >= 4 is 32.9 Å². The summed E-state index contributed by atoms with van der Waals surface area (Å²) in [7, 11) is -3.89. The minimum absolute atomic E-state index is 0.0372. The normalized spacial score (nSPS) is 13.5. The van der Waals surface area contributed by atoms with Gasteiger partial charge in [-0.15, -0.1) is 0 Å². The standard InChI is InChI=1S/C22H24N2O6S/c1-14-8-10-18(11-9-14)31(27,28)24-16(3)22(26)29-13-21(25)23-15(2)20-12-17-6-4-5-7-19(17)30-20/h4-12,15-16,24H,13H2,1-3H3,(H,23,25)/t15-,16+/m1/s1. The second kappa shape index (κ2) is 9.32. The Morgan fingerprint density at radius 2 is 1.74 bits per heavy atom. The van der Waals surface area contributed by atoms with Gasteiger partial charge in [-0.3, -0.25) is 9.59 Å². The van der Waals surface area contributed by atoms with Crippen LogP contribution in [0.4, 0.5) is 0 Å². The summed E-state index contributed by atoms with van der Waals surface area (Å²) in [4.78, 5) is 24.3. The number of hydrogen-bond acceptors (Lipinski definition) is 6. The molecule has 2 N–H and O–H groups in total. The first-order valence-corrected chi connectivity index (χ1v) is 11.2. The molecule has 31 heavy (non-hydrogen) atoms. The molecule has 1 aromatic heterocycles. The Labute approximate surface area is 180 Å². The molecule has 0 bridgehead atoms. The van der Waals surface area contributed by atoms with Gasteiger partial charge in [0.2, 0.25) is 10.0 Å². The topological polar surface area (TPSA) is 115 Å². The van der Waals surface area contributed by atoms with Crippen LogP contribution in [0.3, 0.4) is 0 Å². The number of nitrogens with one attached hydrogen (secondary N) is 2. The van der Waals surface area contributed by atoms with Gasteiger partial charge < -0.3 is 14.5 Å². The fourth-order valence-corrected chi connectivity index (χ4v) is 4.09. The molecule has 9 heteroatoms. The Morgan fingerprint density at radius 1 is 1.06 bits per heavy atom. The van der Waals surface area contributed by atoms with E-state index in [4.69, 9.17) is 9.15 Å². The number of esters is 1. The fraction of sp³-hybridized carbons (Fsp3) is 0.273. The lowest BCUT2D eigenvalue weighted by Gasteiger charge is -2.15. The summed E-state index contributed by atoms with van der Waals surface area (Å²) in [5.74, 6) is -0.822. The Balaban J connectivity index is 1.50. The van der Waals surface area contributed by atoms with Crippen molar-refractivity contribution in [1.82, 2.24) is 10.0 Å². The molecule has 0 unspecified atom stereocenters. The van der Waals surface area contributed by atoms with Crippen LogP contribution in [0.1, 0.15) is 31.2 Å². The maximum absolute atomic E-state index is 12.4. The van der Waals surface area contributed by atoms with Gasteiger partial charge in [-0.05, 0) is 45.0 Å². The van der Waals surface area contributed by atoms with Crippen LogP contribution < -0.4 is 10.0 Å². The summed E-state index contributed by atoms with van der Waals surface area (Å²) in [5, 5.41) is 3.60. The molecule has 1 heterocycles. The minimum Gasteiger partial charge on any atom is -0.459 e. The number of hydrogen-bond donors (Lipinski definition) is 2. The van der Waals surface area contributed by atoms with Crippen molar-refractivity contribution in [2.24, 2.45) is 0 Å². The number of aryl methyl sites for hydroxylation is 1. The predicted octanol–water partition coefficient (Wildman–Crippen LogP) is 2.83. The molecule has 0 aliphatic carbocycles. The molecule has 2 atom stereocenters. The molecule has 3 aromatic rings. The van der Waals surface area contributed by atoms with Crippen LogP contribution >= 0.6 is 0 Å². The summed E-state index contributed by atoms with van der Waals surface area (Å²) in [6.45, 7) is 4.39. The Hall–Kier alpha value is -3.17. The molecule has 2 aromatic carbocycles. The first-order chi connectivity index (χ1) is 14.7. The summed E-state index contributed by atoms with van der Waals surface area (Å²) in [5.41, 5.74) is 1.62. The molecule has 0 spiro atoms. The highest BCUT2D eigenvalue weighted by Crippen LogP contribution is 2.23. The van der Waals surface area contributed by atoms with Gasteiger partial charge in [-0.1, -0.05) is 35.9 Å². The van der Waals surface area contributed by atoms with E-state index < -0.39 is 40.6 Å². The third kappa shape index (κ3) is 5.71. The number of amides is 1. The van der Waals surface area contributed by atoms with Gasteiger partial charge in [0.25, 0.3) is 5.91 Å². The van der Waals surface area contributed by atoms with E-state index in [1.807, 2.05) is 37.3 Å². The zero-order valence-electron chi connectivity index (χ0n) is 17.4. The van der Waals surface area contributed by atoms with Crippen molar-refractivity contribution in [2.45, 2.75) is 37.8 Å². The number of ether oxygens (including phenoxy) is 1. The summed E-state index contributed by atoms with van der Waals surface area (Å²) < 4.78 is 37.6.